The highest BCUT2D eigenvalue weighted by atomic mass is 16.4. The van der Waals surface area contributed by atoms with Crippen molar-refractivity contribution in [3.05, 3.63) is 53.7 Å². The van der Waals surface area contributed by atoms with E-state index in [4.69, 9.17) is 5.21 Å². The van der Waals surface area contributed by atoms with Crippen LogP contribution in [0, 0.1) is 6.92 Å². The van der Waals surface area contributed by atoms with Gasteiger partial charge in [0.05, 0.1) is 6.21 Å². The predicted octanol–water partition coefficient (Wildman–Crippen LogP) is 2.97. The first-order valence-corrected chi connectivity index (χ1v) is 5.65. The fraction of sp³-hybridized carbons (Fsp3) is 0.143. The number of anilines is 2. The molecule has 4 nitrogen and oxygen atoms in total. The molecule has 18 heavy (non-hydrogen) atoms. The van der Waals surface area contributed by atoms with E-state index in [-0.39, 0.29) is 0 Å². The summed E-state index contributed by atoms with van der Waals surface area (Å²) in [6, 6.07) is 12.0. The predicted molar refractivity (Wildman–Crippen MR) is 72.9 cm³/mol. The summed E-state index contributed by atoms with van der Waals surface area (Å²) < 4.78 is 0. The van der Waals surface area contributed by atoms with E-state index in [1.807, 2.05) is 55.3 Å². The number of aryl methyl sites for hydroxylation is 1. The van der Waals surface area contributed by atoms with E-state index in [1.54, 1.807) is 6.20 Å². The van der Waals surface area contributed by atoms with Crippen LogP contribution in [0.15, 0.2) is 47.8 Å². The van der Waals surface area contributed by atoms with E-state index in [0.29, 0.717) is 0 Å². The summed E-state index contributed by atoms with van der Waals surface area (Å²) in [5.74, 6) is 0.855. The number of nitrogens with zero attached hydrogens (tertiary/aromatic N) is 3. The van der Waals surface area contributed by atoms with Crippen molar-refractivity contribution in [3.63, 3.8) is 0 Å². The van der Waals surface area contributed by atoms with E-state index in [2.05, 4.69) is 10.1 Å². The summed E-state index contributed by atoms with van der Waals surface area (Å²) in [7, 11) is 1.97. The number of hydrogen-bond acceptors (Lipinski definition) is 4. The molecule has 0 amide bonds. The Kier molecular flexibility index (Phi) is 3.57. The summed E-state index contributed by atoms with van der Waals surface area (Å²) >= 11 is 0. The van der Waals surface area contributed by atoms with Gasteiger partial charge in [-0.1, -0.05) is 23.4 Å². The Bertz CT molecular complexity index is 552. The number of oxime groups is 1. The molecule has 1 aromatic carbocycles. The molecule has 1 heterocycles. The van der Waals surface area contributed by atoms with Crippen molar-refractivity contribution in [1.82, 2.24) is 4.98 Å². The summed E-state index contributed by atoms with van der Waals surface area (Å²) in [6.45, 7) is 1.96. The SMILES string of the molecule is Cc1cc(N(C)c2ccccc2)ncc1/C=N/O. The van der Waals surface area contributed by atoms with E-state index in [9.17, 15) is 0 Å². The van der Waals surface area contributed by atoms with Gasteiger partial charge in [-0.25, -0.2) is 4.98 Å². The van der Waals surface area contributed by atoms with Crippen molar-refractivity contribution in [2.45, 2.75) is 6.92 Å². The molecule has 0 fully saturated rings. The average Bonchev–Trinajstić information content (AvgIpc) is 2.41. The second-order valence-electron chi connectivity index (χ2n) is 4.04. The third kappa shape index (κ3) is 2.48. The van der Waals surface area contributed by atoms with Crippen molar-refractivity contribution in [2.75, 3.05) is 11.9 Å². The molecule has 2 rings (SSSR count). The van der Waals surface area contributed by atoms with Crippen molar-refractivity contribution in [3.8, 4) is 0 Å². The van der Waals surface area contributed by atoms with Crippen LogP contribution < -0.4 is 4.90 Å². The van der Waals surface area contributed by atoms with Crippen LogP contribution >= 0.6 is 0 Å². The minimum Gasteiger partial charge on any atom is -0.411 e. The Hall–Kier alpha value is -2.36. The van der Waals surface area contributed by atoms with E-state index in [0.717, 1.165) is 22.6 Å². The van der Waals surface area contributed by atoms with E-state index < -0.39 is 0 Å². The van der Waals surface area contributed by atoms with Crippen molar-refractivity contribution < 1.29 is 5.21 Å². The first-order chi connectivity index (χ1) is 8.72. The highest BCUT2D eigenvalue weighted by Crippen LogP contribution is 2.22. The lowest BCUT2D eigenvalue weighted by molar-refractivity contribution is 0.322. The van der Waals surface area contributed by atoms with Gasteiger partial charge in [0.25, 0.3) is 0 Å². The summed E-state index contributed by atoms with van der Waals surface area (Å²) in [5.41, 5.74) is 2.90. The quantitative estimate of drug-likeness (QED) is 0.510. The molecule has 4 heteroatoms. The molecule has 2 aromatic rings. The molecule has 0 bridgehead atoms. The zero-order valence-corrected chi connectivity index (χ0v) is 10.4. The molecule has 0 aliphatic carbocycles. The molecule has 1 aromatic heterocycles. The standard InChI is InChI=1S/C14H15N3O/c1-11-8-14(15-9-12(11)10-16-18)17(2)13-6-4-3-5-7-13/h3-10,18H,1-2H3/b16-10+. The van der Waals surface area contributed by atoms with Crippen LogP contribution in [0.2, 0.25) is 0 Å². The lowest BCUT2D eigenvalue weighted by atomic mass is 10.1. The molecule has 0 aliphatic heterocycles. The molecule has 0 spiro atoms. The summed E-state index contributed by atoms with van der Waals surface area (Å²) in [4.78, 5) is 6.36. The van der Waals surface area contributed by atoms with Crippen LogP contribution in [-0.4, -0.2) is 23.5 Å². The Labute approximate surface area is 106 Å². The number of rotatable bonds is 3. The molecule has 0 unspecified atom stereocenters. The van der Waals surface area contributed by atoms with Gasteiger partial charge in [0.2, 0.25) is 0 Å². The summed E-state index contributed by atoms with van der Waals surface area (Å²) in [6.07, 6.45) is 3.08. The minimum atomic E-state index is 0.808. The molecule has 0 saturated heterocycles. The number of pyridine rings is 1. The van der Waals surface area contributed by atoms with Gasteiger partial charge in [-0.3, -0.25) is 0 Å². The van der Waals surface area contributed by atoms with Crippen molar-refractivity contribution in [2.24, 2.45) is 5.16 Å². The average molecular weight is 241 g/mol. The van der Waals surface area contributed by atoms with E-state index in [1.165, 1.54) is 6.21 Å². The number of aromatic nitrogens is 1. The molecule has 0 radical (unpaired) electrons. The van der Waals surface area contributed by atoms with Gasteiger partial charge in [-0.15, -0.1) is 0 Å². The van der Waals surface area contributed by atoms with Gasteiger partial charge in [0, 0.05) is 24.5 Å². The van der Waals surface area contributed by atoms with Crippen LogP contribution in [0.1, 0.15) is 11.1 Å². The zero-order chi connectivity index (χ0) is 13.0. The van der Waals surface area contributed by atoms with Crippen LogP contribution in [0.3, 0.4) is 0 Å². The van der Waals surface area contributed by atoms with Crippen LogP contribution in [0.25, 0.3) is 0 Å². The van der Waals surface area contributed by atoms with Gasteiger partial charge < -0.3 is 10.1 Å². The maximum atomic E-state index is 8.53. The van der Waals surface area contributed by atoms with E-state index >= 15 is 0 Å². The Morgan fingerprint density at radius 3 is 2.61 bits per heavy atom. The molecule has 0 atom stereocenters. The van der Waals surface area contributed by atoms with Gasteiger partial charge >= 0.3 is 0 Å². The largest absolute Gasteiger partial charge is 0.411 e. The molecular formula is C14H15N3O. The second-order valence-corrected chi connectivity index (χ2v) is 4.04. The Balaban J connectivity index is 2.32. The lowest BCUT2D eigenvalue weighted by Gasteiger charge is -2.18. The first kappa shape index (κ1) is 12.1. The fourth-order valence-corrected chi connectivity index (χ4v) is 1.72. The minimum absolute atomic E-state index is 0.808. The normalized spacial score (nSPS) is 10.8. The van der Waals surface area contributed by atoms with Gasteiger partial charge in [-0.2, -0.15) is 0 Å². The summed E-state index contributed by atoms with van der Waals surface area (Å²) in [5, 5.41) is 11.6. The third-order valence-corrected chi connectivity index (χ3v) is 2.82. The van der Waals surface area contributed by atoms with Crippen LogP contribution in [0.5, 0.6) is 0 Å². The van der Waals surface area contributed by atoms with Gasteiger partial charge in [0.1, 0.15) is 5.82 Å². The molecule has 1 N–H and O–H groups in total. The Morgan fingerprint density at radius 1 is 1.28 bits per heavy atom. The van der Waals surface area contributed by atoms with Crippen molar-refractivity contribution in [1.29, 1.82) is 0 Å². The molecule has 92 valence electrons. The first-order valence-electron chi connectivity index (χ1n) is 5.65. The number of para-hydroxylation sites is 1. The van der Waals surface area contributed by atoms with Crippen LogP contribution in [-0.2, 0) is 0 Å². The Morgan fingerprint density at radius 2 is 2.00 bits per heavy atom. The zero-order valence-electron chi connectivity index (χ0n) is 10.4. The topological polar surface area (TPSA) is 48.7 Å². The maximum absolute atomic E-state index is 8.53. The highest BCUT2D eigenvalue weighted by Gasteiger charge is 2.06. The van der Waals surface area contributed by atoms with Crippen LogP contribution in [0.4, 0.5) is 11.5 Å². The monoisotopic (exact) mass is 241 g/mol. The fourth-order valence-electron chi connectivity index (χ4n) is 1.72. The van der Waals surface area contributed by atoms with Gasteiger partial charge in [0.15, 0.2) is 0 Å². The molecular weight excluding hydrogens is 226 g/mol. The van der Waals surface area contributed by atoms with Crippen molar-refractivity contribution >= 4 is 17.7 Å². The molecule has 0 saturated carbocycles. The highest BCUT2D eigenvalue weighted by molar-refractivity contribution is 5.81. The second kappa shape index (κ2) is 5.31. The smallest absolute Gasteiger partial charge is 0.132 e. The number of benzene rings is 1. The maximum Gasteiger partial charge on any atom is 0.132 e. The lowest BCUT2D eigenvalue weighted by Crippen LogP contribution is -2.11. The van der Waals surface area contributed by atoms with Gasteiger partial charge in [-0.05, 0) is 30.7 Å². The third-order valence-electron chi connectivity index (χ3n) is 2.82. The number of hydrogen-bond donors (Lipinski definition) is 1. The molecule has 0 aliphatic rings.